The molecule has 1 aliphatic rings. The van der Waals surface area contributed by atoms with Gasteiger partial charge < -0.3 is 15.2 Å². The van der Waals surface area contributed by atoms with Gasteiger partial charge in [-0.25, -0.2) is 0 Å². The molecule has 3 nitrogen and oxygen atoms in total. The lowest BCUT2D eigenvalue weighted by Gasteiger charge is -2.40. The maximum absolute atomic E-state index is 9.27. The Morgan fingerprint density at radius 1 is 1.38 bits per heavy atom. The van der Waals surface area contributed by atoms with E-state index < -0.39 is 0 Å². The second-order valence-electron chi connectivity index (χ2n) is 4.23. The first-order chi connectivity index (χ1) is 7.78. The molecule has 1 heterocycles. The van der Waals surface area contributed by atoms with Crippen LogP contribution in [-0.2, 0) is 4.74 Å². The number of hydrogen-bond donors (Lipinski definition) is 2. The Morgan fingerprint density at radius 3 is 2.50 bits per heavy atom. The van der Waals surface area contributed by atoms with Gasteiger partial charge in [-0.2, -0.15) is 0 Å². The summed E-state index contributed by atoms with van der Waals surface area (Å²) < 4.78 is 5.15. The van der Waals surface area contributed by atoms with Crippen LogP contribution in [0.4, 0.5) is 5.69 Å². The summed E-state index contributed by atoms with van der Waals surface area (Å²) in [6.07, 6.45) is 2.06. The van der Waals surface area contributed by atoms with Crippen LogP contribution < -0.4 is 5.32 Å². The second kappa shape index (κ2) is 5.08. The molecule has 88 valence electrons. The summed E-state index contributed by atoms with van der Waals surface area (Å²) in [7, 11) is 0. The number of ether oxygens (including phenoxy) is 1. The number of hydrogen-bond acceptors (Lipinski definition) is 4. The molecule has 0 saturated carbocycles. The lowest BCUT2D eigenvalue weighted by Crippen LogP contribution is -2.50. The van der Waals surface area contributed by atoms with Gasteiger partial charge >= 0.3 is 0 Å². The molecule has 0 radical (unpaired) electrons. The van der Waals surface area contributed by atoms with Crippen molar-refractivity contribution in [3.8, 4) is 0 Å². The summed E-state index contributed by atoms with van der Waals surface area (Å²) in [5.74, 6) is 0. The van der Waals surface area contributed by atoms with Crippen molar-refractivity contribution in [1.82, 2.24) is 0 Å². The van der Waals surface area contributed by atoms with Gasteiger partial charge in [-0.3, -0.25) is 0 Å². The van der Waals surface area contributed by atoms with E-state index >= 15 is 0 Å². The van der Waals surface area contributed by atoms with E-state index in [4.69, 9.17) is 4.74 Å². The van der Waals surface area contributed by atoms with E-state index in [0.29, 0.717) is 13.2 Å². The third kappa shape index (κ3) is 2.51. The molecule has 0 bridgehead atoms. The molecule has 0 atom stereocenters. The van der Waals surface area contributed by atoms with Crippen LogP contribution in [0.3, 0.4) is 0 Å². The molecule has 0 spiro atoms. The minimum absolute atomic E-state index is 0.0713. The maximum atomic E-state index is 9.27. The van der Waals surface area contributed by atoms with E-state index in [0.717, 1.165) is 12.2 Å². The molecular formula is C12H17NO2S. The summed E-state index contributed by atoms with van der Waals surface area (Å²) in [4.78, 5) is 1.26. The summed E-state index contributed by atoms with van der Waals surface area (Å²) in [6, 6.07) is 8.32. The zero-order valence-electron chi connectivity index (χ0n) is 9.40. The Labute approximate surface area is 100 Å². The Balaban J connectivity index is 1.89. The Hall–Kier alpha value is -0.710. The van der Waals surface area contributed by atoms with Crippen LogP contribution in [0.2, 0.25) is 0 Å². The SMILES string of the molecule is CSc1ccc(NCC2(CO)COC2)cc1. The first-order valence-electron chi connectivity index (χ1n) is 5.35. The Bertz CT molecular complexity index is 330. The van der Waals surface area contributed by atoms with E-state index in [2.05, 4.69) is 35.8 Å². The highest BCUT2D eigenvalue weighted by Gasteiger charge is 2.37. The molecule has 4 heteroatoms. The third-order valence-electron chi connectivity index (χ3n) is 2.91. The highest BCUT2D eigenvalue weighted by atomic mass is 32.2. The molecule has 1 fully saturated rings. The van der Waals surface area contributed by atoms with Crippen molar-refractivity contribution in [2.45, 2.75) is 4.90 Å². The fourth-order valence-electron chi connectivity index (χ4n) is 1.64. The van der Waals surface area contributed by atoms with Crippen LogP contribution in [0.5, 0.6) is 0 Å². The molecule has 1 aromatic carbocycles. The summed E-state index contributed by atoms with van der Waals surface area (Å²) in [5, 5.41) is 12.6. The van der Waals surface area contributed by atoms with E-state index in [-0.39, 0.29) is 12.0 Å². The van der Waals surface area contributed by atoms with Gasteiger partial charge in [0.25, 0.3) is 0 Å². The summed E-state index contributed by atoms with van der Waals surface area (Å²) in [6.45, 7) is 2.25. The summed E-state index contributed by atoms with van der Waals surface area (Å²) >= 11 is 1.73. The minimum atomic E-state index is -0.0713. The predicted octanol–water partition coefficient (Wildman–Crippen LogP) is 1.83. The number of nitrogens with one attached hydrogen (secondary N) is 1. The van der Waals surface area contributed by atoms with E-state index in [9.17, 15) is 5.11 Å². The van der Waals surface area contributed by atoms with Crippen molar-refractivity contribution in [2.24, 2.45) is 5.41 Å². The van der Waals surface area contributed by atoms with Crippen molar-refractivity contribution in [3.63, 3.8) is 0 Å². The third-order valence-corrected chi connectivity index (χ3v) is 3.65. The van der Waals surface area contributed by atoms with Gasteiger partial charge in [0.15, 0.2) is 0 Å². The highest BCUT2D eigenvalue weighted by Crippen LogP contribution is 2.27. The average Bonchev–Trinajstić information content (AvgIpc) is 2.29. The van der Waals surface area contributed by atoms with Crippen LogP contribution in [0.25, 0.3) is 0 Å². The monoisotopic (exact) mass is 239 g/mol. The fourth-order valence-corrected chi connectivity index (χ4v) is 2.05. The second-order valence-corrected chi connectivity index (χ2v) is 5.11. The van der Waals surface area contributed by atoms with E-state index in [1.54, 1.807) is 11.8 Å². The molecule has 16 heavy (non-hydrogen) atoms. The zero-order chi connectivity index (χ0) is 11.4. The summed E-state index contributed by atoms with van der Waals surface area (Å²) in [5.41, 5.74) is 1.02. The molecule has 0 amide bonds. The first-order valence-corrected chi connectivity index (χ1v) is 6.57. The van der Waals surface area contributed by atoms with Gasteiger partial charge in [-0.05, 0) is 30.5 Å². The maximum Gasteiger partial charge on any atom is 0.0584 e. The molecule has 1 saturated heterocycles. The van der Waals surface area contributed by atoms with Crippen molar-refractivity contribution in [2.75, 3.05) is 37.9 Å². The van der Waals surface area contributed by atoms with Crippen LogP contribution in [0.1, 0.15) is 0 Å². The fraction of sp³-hybridized carbons (Fsp3) is 0.500. The van der Waals surface area contributed by atoms with Crippen LogP contribution in [0.15, 0.2) is 29.2 Å². The predicted molar refractivity (Wildman–Crippen MR) is 67.1 cm³/mol. The molecule has 0 aromatic heterocycles. The average molecular weight is 239 g/mol. The lowest BCUT2D eigenvalue weighted by molar-refractivity contribution is -0.128. The number of aliphatic hydroxyl groups is 1. The molecule has 2 rings (SSSR count). The van der Waals surface area contributed by atoms with Crippen LogP contribution >= 0.6 is 11.8 Å². The van der Waals surface area contributed by atoms with Crippen LogP contribution in [-0.4, -0.2) is 37.7 Å². The number of thioether (sulfide) groups is 1. The van der Waals surface area contributed by atoms with Crippen LogP contribution in [0, 0.1) is 5.41 Å². The normalized spacial score (nSPS) is 17.9. The van der Waals surface area contributed by atoms with Gasteiger partial charge in [-0.1, -0.05) is 0 Å². The Kier molecular flexibility index (Phi) is 3.74. The van der Waals surface area contributed by atoms with Crippen molar-refractivity contribution >= 4 is 17.4 Å². The molecule has 2 N–H and O–H groups in total. The number of aliphatic hydroxyl groups excluding tert-OH is 1. The first kappa shape index (κ1) is 11.8. The van der Waals surface area contributed by atoms with E-state index in [1.807, 2.05) is 0 Å². The smallest absolute Gasteiger partial charge is 0.0584 e. The number of anilines is 1. The largest absolute Gasteiger partial charge is 0.396 e. The van der Waals surface area contributed by atoms with Gasteiger partial charge in [0.2, 0.25) is 0 Å². The van der Waals surface area contributed by atoms with Gasteiger partial charge in [0, 0.05) is 17.1 Å². The van der Waals surface area contributed by atoms with Crippen molar-refractivity contribution in [3.05, 3.63) is 24.3 Å². The quantitative estimate of drug-likeness (QED) is 0.769. The molecule has 1 aromatic rings. The number of benzene rings is 1. The Morgan fingerprint density at radius 2 is 2.06 bits per heavy atom. The zero-order valence-corrected chi connectivity index (χ0v) is 10.2. The van der Waals surface area contributed by atoms with Crippen molar-refractivity contribution in [1.29, 1.82) is 0 Å². The molecular weight excluding hydrogens is 222 g/mol. The molecule has 0 aliphatic carbocycles. The molecule has 1 aliphatic heterocycles. The minimum Gasteiger partial charge on any atom is -0.396 e. The standard InChI is InChI=1S/C12H17NO2S/c1-16-11-4-2-10(3-5-11)13-6-12(7-14)8-15-9-12/h2-5,13-14H,6-9H2,1H3. The van der Waals surface area contributed by atoms with Crippen molar-refractivity contribution < 1.29 is 9.84 Å². The lowest BCUT2D eigenvalue weighted by atomic mass is 9.87. The number of rotatable bonds is 5. The highest BCUT2D eigenvalue weighted by molar-refractivity contribution is 7.98. The van der Waals surface area contributed by atoms with Gasteiger partial charge in [0.05, 0.1) is 25.2 Å². The topological polar surface area (TPSA) is 41.5 Å². The molecule has 0 unspecified atom stereocenters. The van der Waals surface area contributed by atoms with E-state index in [1.165, 1.54) is 4.90 Å². The van der Waals surface area contributed by atoms with Gasteiger partial charge in [-0.15, -0.1) is 11.8 Å². The van der Waals surface area contributed by atoms with Gasteiger partial charge in [0.1, 0.15) is 0 Å².